The van der Waals surface area contributed by atoms with Crippen molar-refractivity contribution in [3.8, 4) is 0 Å². The Bertz CT molecular complexity index is 929. The molecule has 2 aromatic heterocycles. The average molecular weight is 374 g/mol. The number of methoxy groups -OCH3 is 1. The van der Waals surface area contributed by atoms with Crippen molar-refractivity contribution < 1.29 is 13.9 Å². The van der Waals surface area contributed by atoms with Crippen LogP contribution in [0.3, 0.4) is 0 Å². The molecule has 0 bridgehead atoms. The van der Waals surface area contributed by atoms with Crippen LogP contribution >= 0.6 is 11.3 Å². The molecular formula is C20H23FN2O2S. The molecule has 3 aromatic rings. The van der Waals surface area contributed by atoms with Gasteiger partial charge in [-0.2, -0.15) is 0 Å². The lowest BCUT2D eigenvalue weighted by Gasteiger charge is -2.08. The number of benzene rings is 1. The number of hydrogen-bond acceptors (Lipinski definition) is 4. The number of aryl methyl sites for hydroxylation is 2. The highest BCUT2D eigenvalue weighted by atomic mass is 32.1. The highest BCUT2D eigenvalue weighted by Gasteiger charge is 2.18. The first-order valence-electron chi connectivity index (χ1n) is 8.61. The number of rotatable bonds is 8. The third-order valence-corrected chi connectivity index (χ3v) is 5.60. The second kappa shape index (κ2) is 8.12. The molecule has 0 aliphatic carbocycles. The number of carbonyl (C=O) groups excluding carboxylic acids is 1. The standard InChI is InChI=1S/C20H23FN2O2S/c1-13-10-16(21)4-5-17(13)19(24)18-12-15-11-14(2)23(20(15)26-18)8-6-22-7-9-25-3/h4-5,10-12,22H,6-9H2,1-3H3. The number of nitrogens with zero attached hydrogens (tertiary/aromatic N) is 1. The Labute approximate surface area is 156 Å². The molecule has 0 fully saturated rings. The molecule has 0 atom stereocenters. The molecule has 0 aliphatic heterocycles. The number of nitrogens with one attached hydrogen (secondary N) is 1. The van der Waals surface area contributed by atoms with Gasteiger partial charge in [-0.15, -0.1) is 11.3 Å². The molecule has 0 spiro atoms. The van der Waals surface area contributed by atoms with Gasteiger partial charge in [0.1, 0.15) is 10.6 Å². The van der Waals surface area contributed by atoms with Crippen LogP contribution in [0.15, 0.2) is 30.3 Å². The van der Waals surface area contributed by atoms with E-state index in [2.05, 4.69) is 22.9 Å². The molecule has 0 saturated heterocycles. The Morgan fingerprint density at radius 1 is 1.23 bits per heavy atom. The van der Waals surface area contributed by atoms with Crippen molar-refractivity contribution in [2.45, 2.75) is 20.4 Å². The van der Waals surface area contributed by atoms with Gasteiger partial charge in [0, 0.05) is 43.4 Å². The van der Waals surface area contributed by atoms with E-state index in [9.17, 15) is 9.18 Å². The van der Waals surface area contributed by atoms with Crippen LogP contribution in [0, 0.1) is 19.7 Å². The summed E-state index contributed by atoms with van der Waals surface area (Å²) in [6, 6.07) is 8.35. The quantitative estimate of drug-likeness (QED) is 0.480. The minimum absolute atomic E-state index is 0.0499. The predicted molar refractivity (Wildman–Crippen MR) is 104 cm³/mol. The molecule has 0 unspecified atom stereocenters. The SMILES string of the molecule is COCCNCCn1c(C)cc2cc(C(=O)c3ccc(F)cc3C)sc21. The van der Waals surface area contributed by atoms with Gasteiger partial charge in [-0.1, -0.05) is 0 Å². The van der Waals surface area contributed by atoms with Crippen LogP contribution in [-0.2, 0) is 11.3 Å². The lowest BCUT2D eigenvalue weighted by molar-refractivity contribution is 0.104. The van der Waals surface area contributed by atoms with Crippen molar-refractivity contribution in [2.24, 2.45) is 0 Å². The maximum absolute atomic E-state index is 13.3. The zero-order chi connectivity index (χ0) is 18.7. The highest BCUT2D eigenvalue weighted by molar-refractivity contribution is 7.20. The Hall–Kier alpha value is -2.02. The van der Waals surface area contributed by atoms with Crippen LogP contribution in [0.5, 0.6) is 0 Å². The van der Waals surface area contributed by atoms with E-state index >= 15 is 0 Å². The number of halogens is 1. The minimum atomic E-state index is -0.321. The van der Waals surface area contributed by atoms with E-state index in [4.69, 9.17) is 4.74 Å². The molecule has 1 N–H and O–H groups in total. The molecule has 6 heteroatoms. The first kappa shape index (κ1) is 18.8. The van der Waals surface area contributed by atoms with Crippen LogP contribution in [0.25, 0.3) is 10.2 Å². The summed E-state index contributed by atoms with van der Waals surface area (Å²) in [6.45, 7) is 7.02. The van der Waals surface area contributed by atoms with E-state index in [1.165, 1.54) is 29.2 Å². The Morgan fingerprint density at radius 3 is 2.77 bits per heavy atom. The first-order chi connectivity index (χ1) is 12.5. The number of aromatic nitrogens is 1. The van der Waals surface area contributed by atoms with Crippen LogP contribution in [0.2, 0.25) is 0 Å². The molecule has 2 heterocycles. The fourth-order valence-electron chi connectivity index (χ4n) is 3.07. The summed E-state index contributed by atoms with van der Waals surface area (Å²) in [5.41, 5.74) is 2.39. The van der Waals surface area contributed by atoms with Crippen molar-refractivity contribution in [1.29, 1.82) is 0 Å². The summed E-state index contributed by atoms with van der Waals surface area (Å²) in [5.74, 6) is -0.371. The third-order valence-electron chi connectivity index (χ3n) is 4.43. The van der Waals surface area contributed by atoms with E-state index in [-0.39, 0.29) is 11.6 Å². The fraction of sp³-hybridized carbons (Fsp3) is 0.350. The van der Waals surface area contributed by atoms with Gasteiger partial charge in [0.05, 0.1) is 11.5 Å². The number of carbonyl (C=O) groups is 1. The second-order valence-corrected chi connectivity index (χ2v) is 7.37. The smallest absolute Gasteiger partial charge is 0.203 e. The van der Waals surface area contributed by atoms with Gasteiger partial charge in [0.15, 0.2) is 0 Å². The Morgan fingerprint density at radius 2 is 2.04 bits per heavy atom. The van der Waals surface area contributed by atoms with Gasteiger partial charge in [0.2, 0.25) is 5.78 Å². The van der Waals surface area contributed by atoms with Gasteiger partial charge in [-0.3, -0.25) is 4.79 Å². The van der Waals surface area contributed by atoms with E-state index in [1.807, 2.05) is 6.07 Å². The zero-order valence-corrected chi connectivity index (χ0v) is 16.1. The Balaban J connectivity index is 1.82. The summed E-state index contributed by atoms with van der Waals surface area (Å²) >= 11 is 1.50. The van der Waals surface area contributed by atoms with Gasteiger partial charge in [-0.05, 0) is 49.7 Å². The maximum atomic E-state index is 13.3. The molecule has 0 amide bonds. The van der Waals surface area contributed by atoms with Gasteiger partial charge >= 0.3 is 0 Å². The molecule has 26 heavy (non-hydrogen) atoms. The van der Waals surface area contributed by atoms with E-state index in [0.29, 0.717) is 22.6 Å². The summed E-state index contributed by atoms with van der Waals surface area (Å²) < 4.78 is 20.6. The lowest BCUT2D eigenvalue weighted by atomic mass is 10.0. The number of ether oxygens (including phenoxy) is 1. The van der Waals surface area contributed by atoms with Crippen LogP contribution in [-0.4, -0.2) is 37.2 Å². The summed E-state index contributed by atoms with van der Waals surface area (Å²) in [7, 11) is 1.69. The van der Waals surface area contributed by atoms with Crippen LogP contribution in [0.4, 0.5) is 4.39 Å². The summed E-state index contributed by atoms with van der Waals surface area (Å²) in [4.78, 5) is 14.6. The van der Waals surface area contributed by atoms with Crippen molar-refractivity contribution in [3.05, 3.63) is 57.8 Å². The highest BCUT2D eigenvalue weighted by Crippen LogP contribution is 2.31. The molecule has 138 valence electrons. The maximum Gasteiger partial charge on any atom is 0.203 e. The molecular weight excluding hydrogens is 351 g/mol. The summed E-state index contributed by atoms with van der Waals surface area (Å²) in [6.07, 6.45) is 0. The summed E-state index contributed by atoms with van der Waals surface area (Å²) in [5, 5.41) is 4.42. The normalized spacial score (nSPS) is 11.4. The van der Waals surface area contributed by atoms with Gasteiger partial charge in [-0.25, -0.2) is 4.39 Å². The fourth-order valence-corrected chi connectivity index (χ4v) is 4.25. The largest absolute Gasteiger partial charge is 0.383 e. The van der Waals surface area contributed by atoms with Crippen molar-refractivity contribution >= 4 is 27.3 Å². The molecule has 1 aromatic carbocycles. The van der Waals surface area contributed by atoms with Gasteiger partial charge in [0.25, 0.3) is 0 Å². The molecule has 0 saturated carbocycles. The average Bonchev–Trinajstić information content (AvgIpc) is 3.12. The number of hydrogen-bond donors (Lipinski definition) is 1. The van der Waals surface area contributed by atoms with Crippen molar-refractivity contribution in [1.82, 2.24) is 9.88 Å². The number of ketones is 1. The molecule has 4 nitrogen and oxygen atoms in total. The second-order valence-electron chi connectivity index (χ2n) is 6.34. The van der Waals surface area contributed by atoms with Crippen molar-refractivity contribution in [2.75, 3.05) is 26.8 Å². The zero-order valence-electron chi connectivity index (χ0n) is 15.3. The van der Waals surface area contributed by atoms with E-state index in [1.54, 1.807) is 20.1 Å². The van der Waals surface area contributed by atoms with Crippen LogP contribution in [0.1, 0.15) is 26.5 Å². The van der Waals surface area contributed by atoms with Crippen molar-refractivity contribution in [3.63, 3.8) is 0 Å². The van der Waals surface area contributed by atoms with E-state index < -0.39 is 0 Å². The monoisotopic (exact) mass is 374 g/mol. The van der Waals surface area contributed by atoms with E-state index in [0.717, 1.165) is 29.9 Å². The number of fused-ring (bicyclic) bond motifs is 1. The van der Waals surface area contributed by atoms with Gasteiger partial charge < -0.3 is 14.6 Å². The lowest BCUT2D eigenvalue weighted by Crippen LogP contribution is -2.23. The minimum Gasteiger partial charge on any atom is -0.383 e. The molecule has 0 radical (unpaired) electrons. The third kappa shape index (κ3) is 3.87. The molecule has 3 rings (SSSR count). The first-order valence-corrected chi connectivity index (χ1v) is 9.43. The molecule has 0 aliphatic rings. The number of thiophene rings is 1. The topological polar surface area (TPSA) is 43.3 Å². The Kier molecular flexibility index (Phi) is 5.86. The van der Waals surface area contributed by atoms with Crippen LogP contribution < -0.4 is 5.32 Å². The predicted octanol–water partition coefficient (Wildman–Crippen LogP) is 3.93.